The van der Waals surface area contributed by atoms with E-state index in [0.29, 0.717) is 30.7 Å². The molecule has 1 aromatic heterocycles. The number of hydrogen-bond acceptors (Lipinski definition) is 5. The van der Waals surface area contributed by atoms with Crippen molar-refractivity contribution in [3.63, 3.8) is 0 Å². The highest BCUT2D eigenvalue weighted by Crippen LogP contribution is 2.38. The molecule has 0 aliphatic carbocycles. The smallest absolute Gasteiger partial charge is 0.276 e. The molecule has 3 rings (SSSR count). The van der Waals surface area contributed by atoms with Crippen LogP contribution in [-0.4, -0.2) is 37.5 Å². The Kier molecular flexibility index (Phi) is 4.42. The van der Waals surface area contributed by atoms with E-state index in [0.717, 1.165) is 0 Å². The van der Waals surface area contributed by atoms with Crippen LogP contribution in [0.25, 0.3) is 0 Å². The van der Waals surface area contributed by atoms with Gasteiger partial charge in [-0.15, -0.1) is 0 Å². The molecule has 24 heavy (non-hydrogen) atoms. The maximum atomic E-state index is 12.8. The lowest BCUT2D eigenvalue weighted by Gasteiger charge is -2.35. The summed E-state index contributed by atoms with van der Waals surface area (Å²) >= 11 is 0. The van der Waals surface area contributed by atoms with Crippen LogP contribution in [0.2, 0.25) is 0 Å². The minimum absolute atomic E-state index is 0.0973. The monoisotopic (exact) mass is 351 g/mol. The standard InChI is InChI=1S/C17H21NO5S/c1-17(19,13-7-9-14(22-2)10-8-13)15-5-3-11-18(15)24(20,21)16-6-4-12-23-16/h4,6-10,12,15,19H,3,5,11H2,1-2H3. The summed E-state index contributed by atoms with van der Waals surface area (Å²) in [6, 6.07) is 9.44. The third-order valence-electron chi connectivity index (χ3n) is 4.59. The SMILES string of the molecule is COc1ccc(C(C)(O)C2CCCN2S(=O)(=O)c2ccco2)cc1. The first kappa shape index (κ1) is 17.0. The highest BCUT2D eigenvalue weighted by molar-refractivity contribution is 7.89. The Bertz CT molecular complexity index is 781. The van der Waals surface area contributed by atoms with Crippen molar-refractivity contribution in [2.45, 2.75) is 36.5 Å². The third kappa shape index (κ3) is 2.83. The summed E-state index contributed by atoms with van der Waals surface area (Å²) in [6.07, 6.45) is 2.61. The Morgan fingerprint density at radius 3 is 2.58 bits per heavy atom. The summed E-state index contributed by atoms with van der Waals surface area (Å²) < 4.78 is 37.1. The van der Waals surface area contributed by atoms with E-state index in [1.807, 2.05) is 0 Å². The average molecular weight is 351 g/mol. The molecule has 0 spiro atoms. The molecule has 0 saturated carbocycles. The van der Waals surface area contributed by atoms with Gasteiger partial charge in [-0.05, 0) is 49.6 Å². The molecule has 2 atom stereocenters. The van der Waals surface area contributed by atoms with Crippen molar-refractivity contribution in [3.05, 3.63) is 48.2 Å². The van der Waals surface area contributed by atoms with E-state index in [1.54, 1.807) is 44.4 Å². The van der Waals surface area contributed by atoms with Gasteiger partial charge in [0, 0.05) is 6.54 Å². The zero-order chi connectivity index (χ0) is 17.4. The molecular weight excluding hydrogens is 330 g/mol. The second-order valence-electron chi connectivity index (χ2n) is 6.08. The molecule has 2 aromatic rings. The molecule has 1 aliphatic heterocycles. The van der Waals surface area contributed by atoms with Gasteiger partial charge >= 0.3 is 0 Å². The summed E-state index contributed by atoms with van der Waals surface area (Å²) in [5.41, 5.74) is -0.669. The lowest BCUT2D eigenvalue weighted by atomic mass is 9.87. The van der Waals surface area contributed by atoms with Crippen LogP contribution in [-0.2, 0) is 15.6 Å². The number of ether oxygens (including phenoxy) is 1. The van der Waals surface area contributed by atoms with Gasteiger partial charge in [-0.25, -0.2) is 8.42 Å². The number of benzene rings is 1. The number of methoxy groups -OCH3 is 1. The van der Waals surface area contributed by atoms with Gasteiger partial charge in [0.2, 0.25) is 5.09 Å². The number of hydrogen-bond donors (Lipinski definition) is 1. The normalized spacial score (nSPS) is 21.5. The molecule has 130 valence electrons. The van der Waals surface area contributed by atoms with Gasteiger partial charge < -0.3 is 14.3 Å². The van der Waals surface area contributed by atoms with Crippen molar-refractivity contribution >= 4 is 10.0 Å². The lowest BCUT2D eigenvalue weighted by Crippen LogP contribution is -2.48. The number of rotatable bonds is 5. The van der Waals surface area contributed by atoms with Gasteiger partial charge in [0.15, 0.2) is 0 Å². The number of sulfonamides is 1. The first-order chi connectivity index (χ1) is 11.4. The second-order valence-corrected chi connectivity index (χ2v) is 7.90. The van der Waals surface area contributed by atoms with Gasteiger partial charge in [0.05, 0.1) is 19.4 Å². The Balaban J connectivity index is 1.94. The van der Waals surface area contributed by atoms with E-state index >= 15 is 0 Å². The molecule has 1 N–H and O–H groups in total. The molecule has 2 unspecified atom stereocenters. The third-order valence-corrected chi connectivity index (χ3v) is 6.38. The molecule has 1 aromatic carbocycles. The minimum Gasteiger partial charge on any atom is -0.497 e. The lowest BCUT2D eigenvalue weighted by molar-refractivity contribution is -0.000976. The largest absolute Gasteiger partial charge is 0.497 e. The van der Waals surface area contributed by atoms with Crippen molar-refractivity contribution in [1.29, 1.82) is 0 Å². The van der Waals surface area contributed by atoms with Crippen LogP contribution in [0.15, 0.2) is 52.2 Å². The Hall–Kier alpha value is -1.83. The Labute approximate surface area is 141 Å². The molecule has 7 heteroatoms. The zero-order valence-corrected chi connectivity index (χ0v) is 14.5. The van der Waals surface area contributed by atoms with E-state index in [-0.39, 0.29) is 5.09 Å². The quantitative estimate of drug-likeness (QED) is 0.894. The Morgan fingerprint density at radius 2 is 2.00 bits per heavy atom. The molecule has 0 bridgehead atoms. The van der Waals surface area contributed by atoms with Crippen LogP contribution >= 0.6 is 0 Å². The van der Waals surface area contributed by atoms with Gasteiger partial charge in [-0.3, -0.25) is 0 Å². The van der Waals surface area contributed by atoms with Crippen LogP contribution in [0.5, 0.6) is 5.75 Å². The van der Waals surface area contributed by atoms with E-state index in [2.05, 4.69) is 0 Å². The first-order valence-corrected chi connectivity index (χ1v) is 9.23. The minimum atomic E-state index is -3.77. The molecule has 6 nitrogen and oxygen atoms in total. The Morgan fingerprint density at radius 1 is 1.29 bits per heavy atom. The van der Waals surface area contributed by atoms with Crippen molar-refractivity contribution in [2.75, 3.05) is 13.7 Å². The fourth-order valence-corrected chi connectivity index (χ4v) is 4.91. The van der Waals surface area contributed by atoms with Crippen LogP contribution in [0.4, 0.5) is 0 Å². The van der Waals surface area contributed by atoms with Crippen molar-refractivity contribution in [3.8, 4) is 5.75 Å². The predicted octanol–water partition coefficient (Wildman–Crippen LogP) is 2.35. The molecule has 2 heterocycles. The van der Waals surface area contributed by atoms with Gasteiger partial charge in [0.25, 0.3) is 10.0 Å². The molecule has 1 saturated heterocycles. The molecule has 0 radical (unpaired) electrons. The summed E-state index contributed by atoms with van der Waals surface area (Å²) in [4.78, 5) is 0. The fourth-order valence-electron chi connectivity index (χ4n) is 3.24. The van der Waals surface area contributed by atoms with Gasteiger partial charge in [-0.2, -0.15) is 4.31 Å². The van der Waals surface area contributed by atoms with E-state index in [1.165, 1.54) is 16.6 Å². The van der Waals surface area contributed by atoms with Crippen LogP contribution in [0.1, 0.15) is 25.3 Å². The summed E-state index contributed by atoms with van der Waals surface area (Å²) in [7, 11) is -2.20. The van der Waals surface area contributed by atoms with E-state index in [4.69, 9.17) is 9.15 Å². The van der Waals surface area contributed by atoms with Crippen LogP contribution < -0.4 is 4.74 Å². The van der Waals surface area contributed by atoms with Crippen molar-refractivity contribution in [1.82, 2.24) is 4.31 Å². The molecule has 1 fully saturated rings. The van der Waals surface area contributed by atoms with Gasteiger partial charge in [-0.1, -0.05) is 12.1 Å². The highest BCUT2D eigenvalue weighted by atomic mass is 32.2. The molecule has 1 aliphatic rings. The van der Waals surface area contributed by atoms with Crippen molar-refractivity contribution < 1.29 is 22.7 Å². The molecular formula is C17H21NO5S. The zero-order valence-electron chi connectivity index (χ0n) is 13.7. The maximum absolute atomic E-state index is 12.8. The topological polar surface area (TPSA) is 80.0 Å². The van der Waals surface area contributed by atoms with Gasteiger partial charge in [0.1, 0.15) is 11.4 Å². The van der Waals surface area contributed by atoms with Crippen LogP contribution in [0.3, 0.4) is 0 Å². The molecule has 0 amide bonds. The summed E-state index contributed by atoms with van der Waals surface area (Å²) in [6.45, 7) is 2.01. The predicted molar refractivity (Wildman–Crippen MR) is 88.2 cm³/mol. The van der Waals surface area contributed by atoms with E-state index < -0.39 is 21.7 Å². The summed E-state index contributed by atoms with van der Waals surface area (Å²) in [5, 5.41) is 11.0. The number of furan rings is 1. The fraction of sp³-hybridized carbons (Fsp3) is 0.412. The summed E-state index contributed by atoms with van der Waals surface area (Å²) in [5.74, 6) is 0.682. The highest BCUT2D eigenvalue weighted by Gasteiger charge is 2.46. The van der Waals surface area contributed by atoms with Crippen molar-refractivity contribution in [2.24, 2.45) is 0 Å². The van der Waals surface area contributed by atoms with Crippen LogP contribution in [0, 0.1) is 0 Å². The maximum Gasteiger partial charge on any atom is 0.276 e. The number of aliphatic hydroxyl groups is 1. The van der Waals surface area contributed by atoms with E-state index in [9.17, 15) is 13.5 Å². The average Bonchev–Trinajstić information content (AvgIpc) is 3.26. The number of nitrogens with zero attached hydrogens (tertiary/aromatic N) is 1. The first-order valence-electron chi connectivity index (χ1n) is 7.79. The second kappa shape index (κ2) is 6.23.